The molecule has 0 atom stereocenters. The second-order valence-electron chi connectivity index (χ2n) is 5.36. The predicted molar refractivity (Wildman–Crippen MR) is 72.8 cm³/mol. The third kappa shape index (κ3) is 2.96. The van der Waals surface area contributed by atoms with Gasteiger partial charge in [0.05, 0.1) is 6.54 Å². The van der Waals surface area contributed by atoms with Crippen molar-refractivity contribution in [1.82, 2.24) is 4.90 Å². The second kappa shape index (κ2) is 4.91. The molecule has 0 amide bonds. The molecule has 1 heterocycles. The first kappa shape index (κ1) is 12.8. The van der Waals surface area contributed by atoms with Crippen LogP contribution in [0.5, 0.6) is 0 Å². The minimum Gasteiger partial charge on any atom is -0.298 e. The quantitative estimate of drug-likeness (QED) is 0.835. The van der Waals surface area contributed by atoms with Gasteiger partial charge in [0, 0.05) is 16.4 Å². The monoisotopic (exact) mass is 295 g/mol. The molecule has 2 nitrogen and oxygen atoms in total. The van der Waals surface area contributed by atoms with Crippen molar-refractivity contribution >= 4 is 21.7 Å². The summed E-state index contributed by atoms with van der Waals surface area (Å²) in [4.78, 5) is 14.2. The molecule has 0 aromatic heterocycles. The van der Waals surface area contributed by atoms with E-state index >= 15 is 0 Å². The molecule has 0 unspecified atom stereocenters. The number of likely N-dealkylation sites (tertiary alicyclic amines) is 1. The van der Waals surface area contributed by atoms with Crippen LogP contribution >= 0.6 is 15.9 Å². The molecule has 1 aromatic carbocycles. The Labute approximate surface area is 111 Å². The maximum absolute atomic E-state index is 11.9. The number of halogens is 1. The largest absolute Gasteiger partial charge is 0.298 e. The van der Waals surface area contributed by atoms with Gasteiger partial charge in [-0.05, 0) is 24.6 Å². The highest BCUT2D eigenvalue weighted by molar-refractivity contribution is 9.10. The van der Waals surface area contributed by atoms with Crippen LogP contribution in [0.1, 0.15) is 25.8 Å². The Balaban J connectivity index is 2.03. The molecule has 1 fully saturated rings. The van der Waals surface area contributed by atoms with E-state index in [1.54, 1.807) is 0 Å². The smallest absolute Gasteiger partial charge is 0.152 e. The lowest BCUT2D eigenvalue weighted by Crippen LogP contribution is -2.44. The number of hydrogen-bond acceptors (Lipinski definition) is 2. The van der Waals surface area contributed by atoms with Gasteiger partial charge in [0.25, 0.3) is 0 Å². The van der Waals surface area contributed by atoms with Crippen molar-refractivity contribution in [3.05, 3.63) is 34.3 Å². The molecule has 92 valence electrons. The van der Waals surface area contributed by atoms with E-state index < -0.39 is 0 Å². The molecule has 1 saturated heterocycles. The molecule has 0 saturated carbocycles. The summed E-state index contributed by atoms with van der Waals surface area (Å²) >= 11 is 3.55. The summed E-state index contributed by atoms with van der Waals surface area (Å²) in [5, 5.41) is 0. The number of ketones is 1. The van der Waals surface area contributed by atoms with E-state index in [1.165, 1.54) is 5.56 Å². The Morgan fingerprint density at radius 3 is 2.71 bits per heavy atom. The van der Waals surface area contributed by atoms with Crippen molar-refractivity contribution in [2.24, 2.45) is 5.41 Å². The zero-order chi connectivity index (χ0) is 12.5. The third-order valence-corrected chi connectivity index (χ3v) is 4.30. The molecule has 0 aliphatic carbocycles. The van der Waals surface area contributed by atoms with Crippen LogP contribution in [-0.4, -0.2) is 23.8 Å². The molecular formula is C14H18BrNO. The number of hydrogen-bond donors (Lipinski definition) is 0. The van der Waals surface area contributed by atoms with Gasteiger partial charge in [-0.25, -0.2) is 0 Å². The van der Waals surface area contributed by atoms with Crippen molar-refractivity contribution in [1.29, 1.82) is 0 Å². The molecule has 2 rings (SSSR count). The van der Waals surface area contributed by atoms with E-state index in [2.05, 4.69) is 26.9 Å². The topological polar surface area (TPSA) is 20.3 Å². The van der Waals surface area contributed by atoms with Crippen molar-refractivity contribution in [2.75, 3.05) is 13.1 Å². The van der Waals surface area contributed by atoms with Gasteiger partial charge in [-0.15, -0.1) is 0 Å². The molecule has 3 heteroatoms. The standard InChI is InChI=1S/C14H18BrNO/c1-14(2)7-8-16(10-13(14)17)9-11-5-3-4-6-12(11)15/h3-6H,7-10H2,1-2H3. The fourth-order valence-corrected chi connectivity index (χ4v) is 2.49. The first-order valence-electron chi connectivity index (χ1n) is 5.98. The molecule has 1 aromatic rings. The van der Waals surface area contributed by atoms with E-state index in [-0.39, 0.29) is 5.41 Å². The minimum atomic E-state index is -0.135. The maximum Gasteiger partial charge on any atom is 0.152 e. The van der Waals surface area contributed by atoms with Crippen LogP contribution in [0.15, 0.2) is 28.7 Å². The van der Waals surface area contributed by atoms with Gasteiger partial charge in [-0.2, -0.15) is 0 Å². The Kier molecular flexibility index (Phi) is 3.69. The second-order valence-corrected chi connectivity index (χ2v) is 6.21. The van der Waals surface area contributed by atoms with E-state index in [0.717, 1.165) is 24.0 Å². The summed E-state index contributed by atoms with van der Waals surface area (Å²) in [5.41, 5.74) is 1.12. The zero-order valence-electron chi connectivity index (χ0n) is 10.4. The van der Waals surface area contributed by atoms with Gasteiger partial charge >= 0.3 is 0 Å². The summed E-state index contributed by atoms with van der Waals surface area (Å²) < 4.78 is 1.12. The van der Waals surface area contributed by atoms with E-state index in [1.807, 2.05) is 32.0 Å². The van der Waals surface area contributed by atoms with Crippen LogP contribution in [0.4, 0.5) is 0 Å². The minimum absolute atomic E-state index is 0.135. The van der Waals surface area contributed by atoms with Crippen LogP contribution < -0.4 is 0 Å². The highest BCUT2D eigenvalue weighted by Crippen LogP contribution is 2.28. The van der Waals surface area contributed by atoms with Gasteiger partial charge in [0.1, 0.15) is 0 Å². The van der Waals surface area contributed by atoms with Gasteiger partial charge in [-0.1, -0.05) is 48.0 Å². The molecule has 1 aliphatic rings. The van der Waals surface area contributed by atoms with E-state index in [9.17, 15) is 4.79 Å². The first-order chi connectivity index (χ1) is 7.99. The van der Waals surface area contributed by atoms with Crippen molar-refractivity contribution in [3.8, 4) is 0 Å². The average molecular weight is 296 g/mol. The first-order valence-corrected chi connectivity index (χ1v) is 6.77. The lowest BCUT2D eigenvalue weighted by atomic mass is 9.81. The van der Waals surface area contributed by atoms with E-state index in [0.29, 0.717) is 12.3 Å². The molecule has 0 N–H and O–H groups in total. The fourth-order valence-electron chi connectivity index (χ4n) is 2.08. The van der Waals surface area contributed by atoms with E-state index in [4.69, 9.17) is 0 Å². The van der Waals surface area contributed by atoms with Crippen molar-refractivity contribution in [2.45, 2.75) is 26.8 Å². The van der Waals surface area contributed by atoms with Crippen LogP contribution in [0.25, 0.3) is 0 Å². The number of piperidine rings is 1. The number of carbonyl (C=O) groups is 1. The van der Waals surface area contributed by atoms with Crippen molar-refractivity contribution < 1.29 is 4.79 Å². The summed E-state index contributed by atoms with van der Waals surface area (Å²) in [5.74, 6) is 0.357. The molecule has 0 spiro atoms. The number of rotatable bonds is 2. The highest BCUT2D eigenvalue weighted by atomic mass is 79.9. The lowest BCUT2D eigenvalue weighted by Gasteiger charge is -2.35. The Morgan fingerprint density at radius 1 is 1.35 bits per heavy atom. The zero-order valence-corrected chi connectivity index (χ0v) is 12.0. The van der Waals surface area contributed by atoms with Gasteiger partial charge in [-0.3, -0.25) is 9.69 Å². The molecule has 1 aliphatic heterocycles. The highest BCUT2D eigenvalue weighted by Gasteiger charge is 2.33. The van der Waals surface area contributed by atoms with Gasteiger partial charge in [0.2, 0.25) is 0 Å². The van der Waals surface area contributed by atoms with Crippen molar-refractivity contribution in [3.63, 3.8) is 0 Å². The van der Waals surface area contributed by atoms with Gasteiger partial charge in [0.15, 0.2) is 5.78 Å². The van der Waals surface area contributed by atoms with Crippen LogP contribution in [0.2, 0.25) is 0 Å². The number of carbonyl (C=O) groups excluding carboxylic acids is 1. The molecule has 0 bridgehead atoms. The Morgan fingerprint density at radius 2 is 2.06 bits per heavy atom. The maximum atomic E-state index is 11.9. The number of Topliss-reactive ketones (excluding diaryl/α,β-unsaturated/α-hetero) is 1. The van der Waals surface area contributed by atoms with Crippen LogP contribution in [-0.2, 0) is 11.3 Å². The fraction of sp³-hybridized carbons (Fsp3) is 0.500. The lowest BCUT2D eigenvalue weighted by molar-refractivity contribution is -0.132. The average Bonchev–Trinajstić information content (AvgIpc) is 2.27. The molecular weight excluding hydrogens is 278 g/mol. The molecule has 0 radical (unpaired) electrons. The Hall–Kier alpha value is -0.670. The summed E-state index contributed by atoms with van der Waals surface area (Å²) in [6.07, 6.45) is 0.955. The van der Waals surface area contributed by atoms with Gasteiger partial charge < -0.3 is 0 Å². The Bertz CT molecular complexity index is 428. The summed E-state index contributed by atoms with van der Waals surface area (Å²) in [6.45, 7) is 6.52. The SMILES string of the molecule is CC1(C)CCN(Cc2ccccc2Br)CC1=O. The predicted octanol–water partition coefficient (Wildman–Crippen LogP) is 3.25. The van der Waals surface area contributed by atoms with Crippen LogP contribution in [0, 0.1) is 5.41 Å². The number of benzene rings is 1. The number of nitrogens with zero attached hydrogens (tertiary/aromatic N) is 1. The third-order valence-electron chi connectivity index (χ3n) is 3.53. The summed E-state index contributed by atoms with van der Waals surface area (Å²) in [7, 11) is 0. The molecule has 17 heavy (non-hydrogen) atoms. The van der Waals surface area contributed by atoms with Crippen LogP contribution in [0.3, 0.4) is 0 Å². The normalized spacial score (nSPS) is 20.5. The summed E-state index contributed by atoms with van der Waals surface area (Å²) in [6, 6.07) is 8.20.